The lowest BCUT2D eigenvalue weighted by molar-refractivity contribution is 0.933. The largest absolute Gasteiger partial charge is 0.239 e. The first kappa shape index (κ1) is 7.00. The van der Waals surface area contributed by atoms with E-state index in [0.29, 0.717) is 15.5 Å². The predicted octanol–water partition coefficient (Wildman–Crippen LogP) is 1.54. The summed E-state index contributed by atoms with van der Waals surface area (Å²) in [5.74, 6) is 0. The molecule has 0 fully saturated rings. The van der Waals surface area contributed by atoms with Gasteiger partial charge in [-0.15, -0.1) is 5.10 Å². The average Bonchev–Trinajstić information content (AvgIpc) is 2.31. The molecule has 0 bridgehead atoms. The molecule has 0 saturated carbocycles. The fourth-order valence-electron chi connectivity index (χ4n) is 0.761. The highest BCUT2D eigenvalue weighted by atomic mass is 79.9. The first-order valence-electron chi connectivity index (χ1n) is 2.80. The molecule has 6 heteroatoms. The third kappa shape index (κ3) is 1.10. The van der Waals surface area contributed by atoms with E-state index in [0.717, 1.165) is 0 Å². The second-order valence-corrected chi connectivity index (χ2v) is 2.93. The lowest BCUT2D eigenvalue weighted by Gasteiger charge is -1.89. The van der Waals surface area contributed by atoms with Crippen molar-refractivity contribution in [2.45, 2.75) is 0 Å². The van der Waals surface area contributed by atoms with Gasteiger partial charge in [0.25, 0.3) is 0 Å². The Morgan fingerprint density at radius 2 is 2.36 bits per heavy atom. The minimum Gasteiger partial charge on any atom is -0.239 e. The molecule has 2 heterocycles. The Labute approximate surface area is 75.3 Å². The van der Waals surface area contributed by atoms with Crippen LogP contribution in [0.5, 0.6) is 0 Å². The summed E-state index contributed by atoms with van der Waals surface area (Å²) in [5.41, 5.74) is 0.557. The third-order valence-corrected chi connectivity index (χ3v) is 1.79. The van der Waals surface area contributed by atoms with Gasteiger partial charge < -0.3 is 0 Å². The smallest absolute Gasteiger partial charge is 0.218 e. The Hall–Kier alpha value is -0.680. The number of hydrogen-bond acceptors (Lipinski definition) is 3. The molecule has 0 spiro atoms. The zero-order valence-electron chi connectivity index (χ0n) is 5.20. The molecule has 0 aliphatic rings. The summed E-state index contributed by atoms with van der Waals surface area (Å²) in [4.78, 5) is 7.83. The van der Waals surface area contributed by atoms with Crippen molar-refractivity contribution in [3.63, 3.8) is 0 Å². The molecule has 2 rings (SSSR count). The molecule has 11 heavy (non-hydrogen) atoms. The van der Waals surface area contributed by atoms with E-state index in [2.05, 4.69) is 31.0 Å². The van der Waals surface area contributed by atoms with E-state index in [1.165, 1.54) is 0 Å². The maximum Gasteiger partial charge on any atom is 0.218 e. The SMILES string of the molecule is Clc1nccn2nc(Br)nc12. The van der Waals surface area contributed by atoms with Crippen LogP contribution >= 0.6 is 27.5 Å². The summed E-state index contributed by atoms with van der Waals surface area (Å²) in [6, 6.07) is 0. The van der Waals surface area contributed by atoms with Gasteiger partial charge in [0, 0.05) is 12.4 Å². The molecule has 0 saturated heterocycles. The van der Waals surface area contributed by atoms with Crippen LogP contribution in [-0.4, -0.2) is 19.6 Å². The summed E-state index contributed by atoms with van der Waals surface area (Å²) in [5, 5.41) is 4.32. The topological polar surface area (TPSA) is 43.1 Å². The summed E-state index contributed by atoms with van der Waals surface area (Å²) in [6.07, 6.45) is 3.25. The van der Waals surface area contributed by atoms with Crippen LogP contribution in [0.25, 0.3) is 5.65 Å². The summed E-state index contributed by atoms with van der Waals surface area (Å²) in [7, 11) is 0. The van der Waals surface area contributed by atoms with Crippen molar-refractivity contribution in [2.24, 2.45) is 0 Å². The molecular formula is C5H2BrClN4. The van der Waals surface area contributed by atoms with E-state index in [-0.39, 0.29) is 0 Å². The standard InChI is InChI=1S/C5H2BrClN4/c6-5-9-4-3(7)8-1-2-11(4)10-5/h1-2H. The molecule has 0 aromatic carbocycles. The van der Waals surface area contributed by atoms with Gasteiger partial charge in [0.1, 0.15) is 0 Å². The van der Waals surface area contributed by atoms with Gasteiger partial charge in [0.2, 0.25) is 4.73 Å². The lowest BCUT2D eigenvalue weighted by Crippen LogP contribution is -1.87. The number of aromatic nitrogens is 4. The fraction of sp³-hybridized carbons (Fsp3) is 0. The molecular weight excluding hydrogens is 231 g/mol. The summed E-state index contributed by atoms with van der Waals surface area (Å²) < 4.78 is 2.06. The molecule has 0 radical (unpaired) electrons. The van der Waals surface area contributed by atoms with Crippen LogP contribution in [0.2, 0.25) is 5.15 Å². The highest BCUT2D eigenvalue weighted by Gasteiger charge is 2.03. The van der Waals surface area contributed by atoms with Crippen LogP contribution < -0.4 is 0 Å². The van der Waals surface area contributed by atoms with Crippen LogP contribution in [0, 0.1) is 0 Å². The molecule has 56 valence electrons. The molecule has 2 aromatic heterocycles. The number of rotatable bonds is 0. The first-order valence-corrected chi connectivity index (χ1v) is 3.97. The predicted molar refractivity (Wildman–Crippen MR) is 43.5 cm³/mol. The summed E-state index contributed by atoms with van der Waals surface area (Å²) >= 11 is 8.84. The Balaban J connectivity index is 2.90. The monoisotopic (exact) mass is 232 g/mol. The van der Waals surface area contributed by atoms with E-state index in [9.17, 15) is 0 Å². The van der Waals surface area contributed by atoms with Gasteiger partial charge in [-0.2, -0.15) is 4.98 Å². The summed E-state index contributed by atoms with van der Waals surface area (Å²) in [6.45, 7) is 0. The van der Waals surface area contributed by atoms with E-state index >= 15 is 0 Å². The molecule has 0 aliphatic carbocycles. The molecule has 0 atom stereocenters. The minimum atomic E-state index is 0.353. The zero-order valence-corrected chi connectivity index (χ0v) is 7.54. The average molecular weight is 233 g/mol. The number of hydrogen-bond donors (Lipinski definition) is 0. The quantitative estimate of drug-likeness (QED) is 0.693. The fourth-order valence-corrected chi connectivity index (χ4v) is 1.29. The van der Waals surface area contributed by atoms with Crippen molar-refractivity contribution in [2.75, 3.05) is 0 Å². The van der Waals surface area contributed by atoms with Crippen LogP contribution in [0.1, 0.15) is 0 Å². The highest BCUT2D eigenvalue weighted by molar-refractivity contribution is 9.10. The molecule has 4 nitrogen and oxygen atoms in total. The van der Waals surface area contributed by atoms with Crippen molar-refractivity contribution in [3.8, 4) is 0 Å². The van der Waals surface area contributed by atoms with Crippen LogP contribution in [0.3, 0.4) is 0 Å². The minimum absolute atomic E-state index is 0.353. The van der Waals surface area contributed by atoms with Gasteiger partial charge in [-0.05, 0) is 15.9 Å². The Morgan fingerprint density at radius 3 is 3.09 bits per heavy atom. The number of halogens is 2. The van der Waals surface area contributed by atoms with Crippen molar-refractivity contribution >= 4 is 33.2 Å². The Bertz CT molecular complexity index is 398. The molecule has 0 amide bonds. The van der Waals surface area contributed by atoms with Gasteiger partial charge >= 0.3 is 0 Å². The normalized spacial score (nSPS) is 10.7. The molecule has 0 aliphatic heterocycles. The molecule has 2 aromatic rings. The van der Waals surface area contributed by atoms with E-state index in [1.54, 1.807) is 16.9 Å². The van der Waals surface area contributed by atoms with Gasteiger partial charge in [0.15, 0.2) is 10.8 Å². The van der Waals surface area contributed by atoms with Crippen molar-refractivity contribution in [1.82, 2.24) is 19.6 Å². The van der Waals surface area contributed by atoms with Crippen molar-refractivity contribution < 1.29 is 0 Å². The third-order valence-electron chi connectivity index (χ3n) is 1.19. The van der Waals surface area contributed by atoms with Crippen LogP contribution in [-0.2, 0) is 0 Å². The molecule has 0 N–H and O–H groups in total. The first-order chi connectivity index (χ1) is 5.27. The van der Waals surface area contributed by atoms with Crippen molar-refractivity contribution in [1.29, 1.82) is 0 Å². The number of nitrogens with zero attached hydrogens (tertiary/aromatic N) is 4. The Morgan fingerprint density at radius 1 is 1.55 bits per heavy atom. The lowest BCUT2D eigenvalue weighted by atomic mass is 10.7. The number of fused-ring (bicyclic) bond motifs is 1. The zero-order chi connectivity index (χ0) is 7.84. The highest BCUT2D eigenvalue weighted by Crippen LogP contribution is 2.12. The van der Waals surface area contributed by atoms with Gasteiger partial charge in [-0.1, -0.05) is 11.6 Å². The van der Waals surface area contributed by atoms with E-state index in [1.807, 2.05) is 0 Å². The van der Waals surface area contributed by atoms with Gasteiger partial charge in [-0.25, -0.2) is 9.50 Å². The van der Waals surface area contributed by atoms with Crippen molar-refractivity contribution in [3.05, 3.63) is 22.3 Å². The van der Waals surface area contributed by atoms with Gasteiger partial charge in [-0.3, -0.25) is 0 Å². The van der Waals surface area contributed by atoms with Gasteiger partial charge in [0.05, 0.1) is 0 Å². The maximum atomic E-state index is 5.72. The Kier molecular flexibility index (Phi) is 1.54. The van der Waals surface area contributed by atoms with Crippen LogP contribution in [0.15, 0.2) is 17.1 Å². The second kappa shape index (κ2) is 2.42. The second-order valence-electron chi connectivity index (χ2n) is 1.87. The van der Waals surface area contributed by atoms with E-state index < -0.39 is 0 Å². The van der Waals surface area contributed by atoms with E-state index in [4.69, 9.17) is 11.6 Å². The maximum absolute atomic E-state index is 5.72. The van der Waals surface area contributed by atoms with Crippen LogP contribution in [0.4, 0.5) is 0 Å². The molecule has 0 unspecified atom stereocenters.